The molecule has 2 aromatic rings. The van der Waals surface area contributed by atoms with E-state index in [9.17, 15) is 9.36 Å². The van der Waals surface area contributed by atoms with Crippen LogP contribution in [0.5, 0.6) is 0 Å². The highest BCUT2D eigenvalue weighted by molar-refractivity contribution is 7.55. The summed E-state index contributed by atoms with van der Waals surface area (Å²) < 4.78 is 32.0. The van der Waals surface area contributed by atoms with Gasteiger partial charge in [-0.3, -0.25) is 9.40 Å². The number of carbonyl (C=O) groups is 1. The second-order valence-electron chi connectivity index (χ2n) is 9.60. The molecular formula is C28H40NO6P. The number of benzene rings is 2. The van der Waals surface area contributed by atoms with Crippen molar-refractivity contribution in [2.45, 2.75) is 83.8 Å². The van der Waals surface area contributed by atoms with E-state index < -0.39 is 30.5 Å². The molecule has 1 aliphatic carbocycles. The Hall–Kier alpha value is -2.02. The molecule has 8 heteroatoms. The number of carbonyl (C=O) groups excluding carboxylic acids is 1. The van der Waals surface area contributed by atoms with E-state index in [-0.39, 0.29) is 19.8 Å². The van der Waals surface area contributed by atoms with Crippen LogP contribution in [-0.2, 0) is 34.6 Å². The SMILES string of the molecule is CCOP(=O)(OCC)C1(N(OC(C)c2ccccc2)C(C)(C)C(=O)OCc2ccccc2)CCCC1. The number of nitrogens with zero attached hydrogens (tertiary/aromatic N) is 1. The largest absolute Gasteiger partial charge is 0.459 e. The summed E-state index contributed by atoms with van der Waals surface area (Å²) in [5, 5.41) is 0.474. The highest BCUT2D eigenvalue weighted by atomic mass is 31.2. The summed E-state index contributed by atoms with van der Waals surface area (Å²) in [5.74, 6) is -0.475. The molecule has 0 bridgehead atoms. The molecule has 1 atom stereocenters. The third-order valence-corrected chi connectivity index (χ3v) is 9.49. The van der Waals surface area contributed by atoms with Crippen LogP contribution in [0.3, 0.4) is 0 Å². The van der Waals surface area contributed by atoms with Crippen LogP contribution in [0.2, 0.25) is 0 Å². The van der Waals surface area contributed by atoms with Gasteiger partial charge in [0.25, 0.3) is 0 Å². The van der Waals surface area contributed by atoms with Crippen molar-refractivity contribution >= 4 is 13.6 Å². The molecule has 1 unspecified atom stereocenters. The fourth-order valence-corrected chi connectivity index (χ4v) is 7.44. The van der Waals surface area contributed by atoms with Gasteiger partial charge in [-0.25, -0.2) is 4.79 Å². The van der Waals surface area contributed by atoms with Crippen molar-refractivity contribution < 1.29 is 28.0 Å². The first-order valence-corrected chi connectivity index (χ1v) is 14.4. The van der Waals surface area contributed by atoms with Gasteiger partial charge in [0.15, 0.2) is 0 Å². The van der Waals surface area contributed by atoms with Crippen LogP contribution in [0.4, 0.5) is 0 Å². The number of hydrogen-bond acceptors (Lipinski definition) is 7. The molecule has 36 heavy (non-hydrogen) atoms. The Kier molecular flexibility index (Phi) is 9.90. The van der Waals surface area contributed by atoms with E-state index in [2.05, 4.69) is 0 Å². The number of esters is 1. The molecular weight excluding hydrogens is 477 g/mol. The number of rotatable bonds is 13. The maximum absolute atomic E-state index is 14.4. The summed E-state index contributed by atoms with van der Waals surface area (Å²) in [6, 6.07) is 19.3. The van der Waals surface area contributed by atoms with E-state index in [1.54, 1.807) is 32.8 Å². The van der Waals surface area contributed by atoms with Crippen molar-refractivity contribution in [3.63, 3.8) is 0 Å². The molecule has 0 heterocycles. The molecule has 7 nitrogen and oxygen atoms in total. The monoisotopic (exact) mass is 517 g/mol. The molecule has 0 radical (unpaired) electrons. The second kappa shape index (κ2) is 12.5. The first-order chi connectivity index (χ1) is 17.2. The molecule has 1 saturated carbocycles. The lowest BCUT2D eigenvalue weighted by molar-refractivity contribution is -0.281. The molecule has 2 aromatic carbocycles. The van der Waals surface area contributed by atoms with Gasteiger partial charge in [-0.05, 0) is 58.6 Å². The summed E-state index contributed by atoms with van der Waals surface area (Å²) in [6.07, 6.45) is 2.25. The van der Waals surface area contributed by atoms with Gasteiger partial charge >= 0.3 is 13.6 Å². The van der Waals surface area contributed by atoms with Crippen LogP contribution in [0.25, 0.3) is 0 Å². The zero-order valence-electron chi connectivity index (χ0n) is 22.1. The zero-order chi connectivity index (χ0) is 26.2. The first kappa shape index (κ1) is 28.5. The average molecular weight is 518 g/mol. The van der Waals surface area contributed by atoms with Crippen LogP contribution in [0, 0.1) is 0 Å². The van der Waals surface area contributed by atoms with Crippen molar-refractivity contribution in [1.82, 2.24) is 5.06 Å². The molecule has 0 aliphatic heterocycles. The van der Waals surface area contributed by atoms with Gasteiger partial charge in [-0.15, -0.1) is 0 Å². The highest BCUT2D eigenvalue weighted by Crippen LogP contribution is 2.68. The number of hydrogen-bond donors (Lipinski definition) is 0. The molecule has 0 aromatic heterocycles. The Balaban J connectivity index is 2.02. The molecule has 198 valence electrons. The molecule has 1 fully saturated rings. The minimum Gasteiger partial charge on any atom is -0.459 e. The Morgan fingerprint density at radius 1 is 0.972 bits per heavy atom. The van der Waals surface area contributed by atoms with Crippen molar-refractivity contribution in [3.05, 3.63) is 71.8 Å². The van der Waals surface area contributed by atoms with Gasteiger partial charge < -0.3 is 13.8 Å². The van der Waals surface area contributed by atoms with Gasteiger partial charge in [0.1, 0.15) is 23.5 Å². The Labute approximate surface area is 215 Å². The standard InChI is InChI=1S/C28H40NO6P/c1-6-33-36(31,34-7-2)28(20-14-15-21-28)29(35-23(3)25-18-12-9-13-19-25)27(4,5)26(30)32-22-24-16-10-8-11-17-24/h8-13,16-19,23H,6-7,14-15,20-22H2,1-5H3. The van der Waals surface area contributed by atoms with Gasteiger partial charge in [-0.2, -0.15) is 5.06 Å². The van der Waals surface area contributed by atoms with Crippen molar-refractivity contribution in [2.75, 3.05) is 13.2 Å². The predicted molar refractivity (Wildman–Crippen MR) is 140 cm³/mol. The second-order valence-corrected chi connectivity index (χ2v) is 11.9. The minimum atomic E-state index is -3.72. The summed E-state index contributed by atoms with van der Waals surface area (Å²) in [6.45, 7) is 9.59. The lowest BCUT2D eigenvalue weighted by atomic mass is 10.0. The van der Waals surface area contributed by atoms with E-state index >= 15 is 0 Å². The van der Waals surface area contributed by atoms with Gasteiger partial charge in [-0.1, -0.05) is 73.5 Å². The zero-order valence-corrected chi connectivity index (χ0v) is 23.0. The van der Waals surface area contributed by atoms with E-state index in [0.717, 1.165) is 24.0 Å². The Morgan fingerprint density at radius 3 is 2.03 bits per heavy atom. The molecule has 3 rings (SSSR count). The predicted octanol–water partition coefficient (Wildman–Crippen LogP) is 7.04. The van der Waals surface area contributed by atoms with Gasteiger partial charge in [0, 0.05) is 0 Å². The molecule has 0 N–H and O–H groups in total. The van der Waals surface area contributed by atoms with Crippen molar-refractivity contribution in [2.24, 2.45) is 0 Å². The maximum Gasteiger partial charge on any atom is 0.353 e. The fraction of sp³-hybridized carbons (Fsp3) is 0.536. The van der Waals surface area contributed by atoms with E-state index in [1.807, 2.05) is 67.6 Å². The molecule has 0 saturated heterocycles. The van der Waals surface area contributed by atoms with Crippen LogP contribution >= 0.6 is 7.60 Å². The van der Waals surface area contributed by atoms with E-state index in [1.165, 1.54) is 0 Å². The molecule has 0 spiro atoms. The summed E-state index contributed by atoms with van der Waals surface area (Å²) in [4.78, 5) is 20.2. The number of hydroxylamine groups is 2. The smallest absolute Gasteiger partial charge is 0.353 e. The first-order valence-electron chi connectivity index (χ1n) is 12.8. The third-order valence-electron chi connectivity index (χ3n) is 6.64. The lowest BCUT2D eigenvalue weighted by Crippen LogP contribution is -2.61. The van der Waals surface area contributed by atoms with Crippen LogP contribution in [-0.4, -0.2) is 35.1 Å². The summed E-state index contributed by atoms with van der Waals surface area (Å²) in [7, 11) is -3.72. The van der Waals surface area contributed by atoms with Gasteiger partial charge in [0.2, 0.25) is 0 Å². The van der Waals surface area contributed by atoms with Gasteiger partial charge in [0.05, 0.1) is 13.2 Å². The van der Waals surface area contributed by atoms with Crippen molar-refractivity contribution in [1.29, 1.82) is 0 Å². The quantitative estimate of drug-likeness (QED) is 0.160. The summed E-state index contributed by atoms with van der Waals surface area (Å²) in [5.41, 5.74) is 0.537. The Bertz CT molecular complexity index is 997. The lowest BCUT2D eigenvalue weighted by Gasteiger charge is -2.49. The van der Waals surface area contributed by atoms with E-state index in [0.29, 0.717) is 12.8 Å². The molecule has 1 aliphatic rings. The molecule has 0 amide bonds. The normalized spacial score (nSPS) is 16.7. The summed E-state index contributed by atoms with van der Waals surface area (Å²) >= 11 is 0. The van der Waals surface area contributed by atoms with Crippen LogP contribution in [0.15, 0.2) is 60.7 Å². The average Bonchev–Trinajstić information content (AvgIpc) is 3.38. The maximum atomic E-state index is 14.4. The van der Waals surface area contributed by atoms with Crippen LogP contribution in [0.1, 0.15) is 77.5 Å². The number of ether oxygens (including phenoxy) is 1. The fourth-order valence-electron chi connectivity index (χ4n) is 4.82. The highest BCUT2D eigenvalue weighted by Gasteiger charge is 2.62. The minimum absolute atomic E-state index is 0.132. The van der Waals surface area contributed by atoms with Crippen molar-refractivity contribution in [3.8, 4) is 0 Å². The van der Waals surface area contributed by atoms with Crippen LogP contribution < -0.4 is 0 Å². The Morgan fingerprint density at radius 2 is 1.50 bits per heavy atom. The topological polar surface area (TPSA) is 74.3 Å². The van der Waals surface area contributed by atoms with E-state index in [4.69, 9.17) is 18.6 Å². The third kappa shape index (κ3) is 6.09.